The third-order valence-electron chi connectivity index (χ3n) is 5.26. The first kappa shape index (κ1) is 21.5. The minimum absolute atomic E-state index is 0.325. The van der Waals surface area contributed by atoms with Crippen molar-refractivity contribution in [3.63, 3.8) is 0 Å². The maximum Gasteiger partial charge on any atom is 0.191 e. The van der Waals surface area contributed by atoms with Crippen molar-refractivity contribution in [1.29, 1.82) is 0 Å². The number of nitrogens with zero attached hydrogens (tertiary/aromatic N) is 2. The number of rotatable bonds is 10. The maximum atomic E-state index is 9.28. The molecule has 5 heteroatoms. The van der Waals surface area contributed by atoms with Crippen LogP contribution in [0.3, 0.4) is 0 Å². The average molecular weight is 375 g/mol. The Bertz CT molecular complexity index is 536. The maximum absolute atomic E-state index is 9.28. The molecule has 27 heavy (non-hydrogen) atoms. The molecule has 2 rings (SSSR count). The van der Waals surface area contributed by atoms with E-state index in [2.05, 4.69) is 53.6 Å². The van der Waals surface area contributed by atoms with Crippen LogP contribution in [0.4, 0.5) is 5.69 Å². The highest BCUT2D eigenvalue weighted by Crippen LogP contribution is 2.23. The lowest BCUT2D eigenvalue weighted by Gasteiger charge is -2.32. The van der Waals surface area contributed by atoms with Crippen molar-refractivity contribution in [2.24, 2.45) is 10.9 Å². The molecular weight excluding hydrogens is 336 g/mol. The van der Waals surface area contributed by atoms with Gasteiger partial charge in [-0.05, 0) is 49.8 Å². The van der Waals surface area contributed by atoms with E-state index in [1.807, 2.05) is 0 Å². The number of piperidine rings is 1. The van der Waals surface area contributed by atoms with Crippen molar-refractivity contribution >= 4 is 11.6 Å². The largest absolute Gasteiger partial charge is 0.396 e. The van der Waals surface area contributed by atoms with Crippen LogP contribution in [0.5, 0.6) is 0 Å². The van der Waals surface area contributed by atoms with E-state index >= 15 is 0 Å². The van der Waals surface area contributed by atoms with Crippen LogP contribution in [-0.4, -0.2) is 43.9 Å². The molecule has 0 bridgehead atoms. The Labute approximate surface area is 165 Å². The number of guanidine groups is 1. The van der Waals surface area contributed by atoms with Crippen molar-refractivity contribution < 1.29 is 5.11 Å². The van der Waals surface area contributed by atoms with E-state index in [0.717, 1.165) is 45.0 Å². The van der Waals surface area contributed by atoms with E-state index in [1.165, 1.54) is 36.9 Å². The van der Waals surface area contributed by atoms with E-state index in [4.69, 9.17) is 4.99 Å². The Morgan fingerprint density at radius 2 is 1.81 bits per heavy atom. The molecule has 0 unspecified atom stereocenters. The second-order valence-electron chi connectivity index (χ2n) is 7.46. The first-order valence-electron chi connectivity index (χ1n) is 10.7. The van der Waals surface area contributed by atoms with Gasteiger partial charge in [0.05, 0.1) is 6.54 Å². The Hall–Kier alpha value is -1.75. The van der Waals surface area contributed by atoms with Crippen LogP contribution in [0.25, 0.3) is 0 Å². The molecule has 1 heterocycles. The van der Waals surface area contributed by atoms with Crippen LogP contribution in [0, 0.1) is 5.92 Å². The predicted octanol–water partition coefficient (Wildman–Crippen LogP) is 3.53. The van der Waals surface area contributed by atoms with Gasteiger partial charge in [-0.15, -0.1) is 0 Å². The molecule has 0 aromatic heterocycles. The Balaban J connectivity index is 1.81. The van der Waals surface area contributed by atoms with Crippen molar-refractivity contribution in [2.75, 3.05) is 37.7 Å². The van der Waals surface area contributed by atoms with Crippen LogP contribution in [0.15, 0.2) is 29.3 Å². The average Bonchev–Trinajstić information content (AvgIpc) is 2.72. The third-order valence-corrected chi connectivity index (χ3v) is 5.26. The summed E-state index contributed by atoms with van der Waals surface area (Å²) in [6.07, 6.45) is 7.21. The van der Waals surface area contributed by atoms with Gasteiger partial charge in [0.2, 0.25) is 0 Å². The van der Waals surface area contributed by atoms with Gasteiger partial charge in [-0.25, -0.2) is 4.99 Å². The van der Waals surface area contributed by atoms with Crippen LogP contribution < -0.4 is 15.5 Å². The van der Waals surface area contributed by atoms with E-state index in [9.17, 15) is 5.11 Å². The molecule has 1 saturated heterocycles. The van der Waals surface area contributed by atoms with Crippen molar-refractivity contribution in [1.82, 2.24) is 10.6 Å². The van der Waals surface area contributed by atoms with Crippen LogP contribution >= 0.6 is 0 Å². The van der Waals surface area contributed by atoms with Gasteiger partial charge in [0.25, 0.3) is 0 Å². The topological polar surface area (TPSA) is 59.9 Å². The number of benzene rings is 1. The van der Waals surface area contributed by atoms with Gasteiger partial charge in [0.15, 0.2) is 5.96 Å². The normalized spacial score (nSPS) is 15.8. The summed E-state index contributed by atoms with van der Waals surface area (Å²) in [5, 5.41) is 16.0. The monoisotopic (exact) mass is 374 g/mol. The number of nitrogens with one attached hydrogen (secondary N) is 2. The fourth-order valence-corrected chi connectivity index (χ4v) is 3.46. The van der Waals surface area contributed by atoms with Crippen LogP contribution in [0.2, 0.25) is 0 Å². The Morgan fingerprint density at radius 1 is 1.07 bits per heavy atom. The highest BCUT2D eigenvalue weighted by Gasteiger charge is 2.18. The number of unbranched alkanes of at least 4 members (excludes halogenated alkanes) is 3. The third kappa shape index (κ3) is 7.79. The first-order chi connectivity index (χ1) is 13.3. The lowest BCUT2D eigenvalue weighted by molar-refractivity contribution is 0.203. The smallest absolute Gasteiger partial charge is 0.191 e. The summed E-state index contributed by atoms with van der Waals surface area (Å²) >= 11 is 0. The minimum atomic E-state index is 0.325. The lowest BCUT2D eigenvalue weighted by atomic mass is 9.97. The number of aliphatic hydroxyl groups excluding tert-OH is 1. The number of anilines is 1. The summed E-state index contributed by atoms with van der Waals surface area (Å²) < 4.78 is 0. The molecular formula is C22H38N4O. The summed E-state index contributed by atoms with van der Waals surface area (Å²) in [5.41, 5.74) is 2.51. The van der Waals surface area contributed by atoms with Gasteiger partial charge in [0, 0.05) is 38.5 Å². The molecule has 0 atom stereocenters. The quantitative estimate of drug-likeness (QED) is 0.333. The van der Waals surface area contributed by atoms with E-state index in [-0.39, 0.29) is 0 Å². The predicted molar refractivity (Wildman–Crippen MR) is 115 cm³/mol. The Kier molecular flexibility index (Phi) is 10.1. The molecule has 1 aliphatic rings. The molecule has 0 radical (unpaired) electrons. The number of hydrogen-bond donors (Lipinski definition) is 3. The number of aliphatic hydroxyl groups is 1. The fourth-order valence-electron chi connectivity index (χ4n) is 3.46. The van der Waals surface area contributed by atoms with Crippen molar-refractivity contribution in [2.45, 2.75) is 58.9 Å². The summed E-state index contributed by atoms with van der Waals surface area (Å²) in [7, 11) is 0. The SMILES string of the molecule is CCCCCCNC(=NCc1ccc(N2CCC(CO)CC2)cc1)NCC. The fraction of sp³-hybridized carbons (Fsp3) is 0.682. The van der Waals surface area contributed by atoms with Gasteiger partial charge in [-0.2, -0.15) is 0 Å². The zero-order valence-electron chi connectivity index (χ0n) is 17.2. The van der Waals surface area contributed by atoms with Gasteiger partial charge >= 0.3 is 0 Å². The molecule has 5 nitrogen and oxygen atoms in total. The Morgan fingerprint density at radius 3 is 2.44 bits per heavy atom. The van der Waals surface area contributed by atoms with Gasteiger partial charge < -0.3 is 20.6 Å². The second kappa shape index (κ2) is 12.6. The zero-order valence-corrected chi connectivity index (χ0v) is 17.2. The minimum Gasteiger partial charge on any atom is -0.396 e. The first-order valence-corrected chi connectivity index (χ1v) is 10.7. The van der Waals surface area contributed by atoms with Crippen molar-refractivity contribution in [3.05, 3.63) is 29.8 Å². The van der Waals surface area contributed by atoms with Gasteiger partial charge in [-0.1, -0.05) is 38.3 Å². The van der Waals surface area contributed by atoms with Crippen LogP contribution in [0.1, 0.15) is 57.9 Å². The summed E-state index contributed by atoms with van der Waals surface area (Å²) in [5.74, 6) is 1.39. The highest BCUT2D eigenvalue weighted by atomic mass is 16.3. The van der Waals surface area contributed by atoms with Gasteiger partial charge in [-0.3, -0.25) is 0 Å². The van der Waals surface area contributed by atoms with Crippen LogP contribution in [-0.2, 0) is 6.54 Å². The van der Waals surface area contributed by atoms with Crippen molar-refractivity contribution in [3.8, 4) is 0 Å². The molecule has 0 saturated carbocycles. The molecule has 1 fully saturated rings. The molecule has 1 aliphatic heterocycles. The molecule has 152 valence electrons. The second-order valence-corrected chi connectivity index (χ2v) is 7.46. The van der Waals surface area contributed by atoms with E-state index in [1.54, 1.807) is 0 Å². The van der Waals surface area contributed by atoms with E-state index in [0.29, 0.717) is 19.1 Å². The lowest BCUT2D eigenvalue weighted by Crippen LogP contribution is -2.37. The number of aliphatic imine (C=N–C) groups is 1. The van der Waals surface area contributed by atoms with Gasteiger partial charge in [0.1, 0.15) is 0 Å². The molecule has 1 aromatic carbocycles. The molecule has 0 spiro atoms. The number of hydrogen-bond acceptors (Lipinski definition) is 3. The summed E-state index contributed by atoms with van der Waals surface area (Å²) in [4.78, 5) is 7.14. The molecule has 3 N–H and O–H groups in total. The summed E-state index contributed by atoms with van der Waals surface area (Å²) in [6, 6.07) is 8.77. The summed E-state index contributed by atoms with van der Waals surface area (Å²) in [6.45, 7) is 9.29. The highest BCUT2D eigenvalue weighted by molar-refractivity contribution is 5.79. The molecule has 1 aromatic rings. The molecule has 0 aliphatic carbocycles. The zero-order chi connectivity index (χ0) is 19.3. The van der Waals surface area contributed by atoms with E-state index < -0.39 is 0 Å². The standard InChI is InChI=1S/C22H38N4O/c1-3-5-6-7-14-24-22(23-4-2)25-17-19-8-10-21(11-9-19)26-15-12-20(18-27)13-16-26/h8-11,20,27H,3-7,12-18H2,1-2H3,(H2,23,24,25). The molecule has 0 amide bonds.